The number of benzene rings is 1. The van der Waals surface area contributed by atoms with E-state index in [0.29, 0.717) is 37.1 Å². The Bertz CT molecular complexity index is 952. The van der Waals surface area contributed by atoms with E-state index in [1.165, 1.54) is 4.90 Å². The van der Waals surface area contributed by atoms with Crippen LogP contribution in [-0.4, -0.2) is 46.1 Å². The molecule has 29 heavy (non-hydrogen) atoms. The van der Waals surface area contributed by atoms with Crippen molar-refractivity contribution in [3.05, 3.63) is 29.3 Å². The molecule has 4 rings (SSSR count). The topological polar surface area (TPSA) is 125 Å². The number of alkyl carbamates (subject to hydrolysis) is 1. The van der Waals surface area contributed by atoms with Gasteiger partial charge in [-0.1, -0.05) is 26.8 Å². The number of nitrogens with zero attached hydrogens (tertiary/aromatic N) is 1. The minimum atomic E-state index is -1.30. The predicted molar refractivity (Wildman–Crippen MR) is 101 cm³/mol. The Morgan fingerprint density at radius 2 is 1.97 bits per heavy atom. The van der Waals surface area contributed by atoms with Gasteiger partial charge in [-0.3, -0.25) is 19.8 Å². The minimum Gasteiger partial charge on any atom is -0.465 e. The number of fused-ring (bicyclic) bond motifs is 2. The quantitative estimate of drug-likeness (QED) is 0.698. The molecule has 4 amide bonds. The van der Waals surface area contributed by atoms with Crippen LogP contribution in [-0.2, 0) is 26.3 Å². The minimum absolute atomic E-state index is 0.313. The molecule has 1 spiro atoms. The Balaban J connectivity index is 1.62. The summed E-state index contributed by atoms with van der Waals surface area (Å²) in [4.78, 5) is 49.7. The van der Waals surface area contributed by atoms with Crippen LogP contribution in [0.3, 0.4) is 0 Å². The molecular weight excluding hydrogens is 378 g/mol. The van der Waals surface area contributed by atoms with Gasteiger partial charge < -0.3 is 15.2 Å². The largest absolute Gasteiger partial charge is 0.465 e. The van der Waals surface area contributed by atoms with Gasteiger partial charge in [-0.15, -0.1) is 0 Å². The highest BCUT2D eigenvalue weighted by Gasteiger charge is 2.60. The van der Waals surface area contributed by atoms with Crippen LogP contribution in [0.15, 0.2) is 18.2 Å². The number of aryl methyl sites for hydroxylation is 1. The van der Waals surface area contributed by atoms with Crippen molar-refractivity contribution in [2.45, 2.75) is 51.2 Å². The number of amides is 4. The maximum absolute atomic E-state index is 13.2. The van der Waals surface area contributed by atoms with Crippen molar-refractivity contribution < 1.29 is 29.0 Å². The van der Waals surface area contributed by atoms with Gasteiger partial charge in [-0.05, 0) is 36.0 Å². The Morgan fingerprint density at radius 3 is 2.48 bits per heavy atom. The van der Waals surface area contributed by atoms with Crippen molar-refractivity contribution >= 4 is 29.7 Å². The zero-order chi connectivity index (χ0) is 21.2. The van der Waals surface area contributed by atoms with Gasteiger partial charge >= 0.3 is 12.2 Å². The van der Waals surface area contributed by atoms with E-state index in [1.807, 2.05) is 20.8 Å². The van der Waals surface area contributed by atoms with Crippen LogP contribution >= 0.6 is 0 Å². The van der Waals surface area contributed by atoms with Gasteiger partial charge in [0.05, 0.1) is 0 Å². The van der Waals surface area contributed by atoms with E-state index >= 15 is 0 Å². The Morgan fingerprint density at radius 1 is 1.24 bits per heavy atom. The summed E-state index contributed by atoms with van der Waals surface area (Å²) in [6.45, 7) is 5.86. The highest BCUT2D eigenvalue weighted by atomic mass is 16.6. The first kappa shape index (κ1) is 19.2. The standard InChI is InChI=1S/C20H23N3O6/c1-18(2,3)20(8-9-23(20)17(27)28)15(25)21-12-4-5-13-11(10-12)6-7-19(13)14(24)22-16(26)29-19/h4-5,10H,6-9H2,1-3H3,(H,21,25)(H,27,28)(H,22,24,26). The number of hydrogen-bond acceptors (Lipinski definition) is 5. The molecule has 9 nitrogen and oxygen atoms in total. The van der Waals surface area contributed by atoms with Crippen molar-refractivity contribution in [3.8, 4) is 0 Å². The molecule has 2 aliphatic heterocycles. The van der Waals surface area contributed by atoms with E-state index in [9.17, 15) is 24.3 Å². The SMILES string of the molecule is CC(C)(C)C1(C(=O)Nc2ccc3c(c2)CCC32OC(=O)NC2=O)CCN1C(=O)O. The fourth-order valence-corrected chi connectivity index (χ4v) is 4.78. The summed E-state index contributed by atoms with van der Waals surface area (Å²) in [5.74, 6) is -0.854. The van der Waals surface area contributed by atoms with Gasteiger partial charge in [0.15, 0.2) is 0 Å². The van der Waals surface area contributed by atoms with Gasteiger partial charge in [0, 0.05) is 24.2 Å². The highest BCUT2D eigenvalue weighted by Crippen LogP contribution is 2.47. The van der Waals surface area contributed by atoms with Gasteiger partial charge in [0.2, 0.25) is 5.60 Å². The Labute approximate surface area is 167 Å². The summed E-state index contributed by atoms with van der Waals surface area (Å²) in [6, 6.07) is 5.07. The molecule has 2 fully saturated rings. The molecule has 2 heterocycles. The average Bonchev–Trinajstić information content (AvgIpc) is 3.05. The molecule has 2 unspecified atom stereocenters. The second-order valence-corrected chi connectivity index (χ2v) is 8.79. The van der Waals surface area contributed by atoms with Gasteiger partial charge in [-0.25, -0.2) is 9.59 Å². The molecule has 3 N–H and O–H groups in total. The van der Waals surface area contributed by atoms with Crippen LogP contribution in [0.5, 0.6) is 0 Å². The lowest BCUT2D eigenvalue weighted by molar-refractivity contribution is -0.146. The normalized spacial score (nSPS) is 27.9. The molecule has 3 aliphatic rings. The van der Waals surface area contributed by atoms with Crippen LogP contribution in [0.4, 0.5) is 15.3 Å². The maximum atomic E-state index is 13.2. The van der Waals surface area contributed by atoms with E-state index in [0.717, 1.165) is 5.56 Å². The lowest BCUT2D eigenvalue weighted by Crippen LogP contribution is -2.73. The summed E-state index contributed by atoms with van der Waals surface area (Å²) in [6.07, 6.45) is -0.572. The first-order valence-corrected chi connectivity index (χ1v) is 9.51. The van der Waals surface area contributed by atoms with E-state index in [-0.39, 0.29) is 5.91 Å². The molecule has 2 saturated heterocycles. The van der Waals surface area contributed by atoms with Crippen LogP contribution < -0.4 is 10.6 Å². The van der Waals surface area contributed by atoms with E-state index in [4.69, 9.17) is 4.74 Å². The third kappa shape index (κ3) is 2.53. The molecule has 0 radical (unpaired) electrons. The zero-order valence-corrected chi connectivity index (χ0v) is 16.5. The summed E-state index contributed by atoms with van der Waals surface area (Å²) < 4.78 is 5.28. The lowest BCUT2D eigenvalue weighted by Gasteiger charge is -2.56. The van der Waals surface area contributed by atoms with Crippen LogP contribution in [0.25, 0.3) is 0 Å². The first-order chi connectivity index (χ1) is 13.5. The number of carbonyl (C=O) groups is 4. The second kappa shape index (κ2) is 5.95. The van der Waals surface area contributed by atoms with Crippen molar-refractivity contribution in [2.75, 3.05) is 11.9 Å². The third-order valence-electron chi connectivity index (χ3n) is 6.40. The molecule has 1 aromatic rings. The predicted octanol–water partition coefficient (Wildman–Crippen LogP) is 2.20. The number of nitrogens with one attached hydrogen (secondary N) is 2. The smallest absolute Gasteiger partial charge is 0.415 e. The molecule has 0 aromatic heterocycles. The highest BCUT2D eigenvalue weighted by molar-refractivity contribution is 6.04. The van der Waals surface area contributed by atoms with Crippen molar-refractivity contribution in [3.63, 3.8) is 0 Å². The number of imide groups is 1. The first-order valence-electron chi connectivity index (χ1n) is 9.51. The molecule has 9 heteroatoms. The summed E-state index contributed by atoms with van der Waals surface area (Å²) in [5.41, 5.74) is -1.11. The van der Waals surface area contributed by atoms with Crippen molar-refractivity contribution in [1.82, 2.24) is 10.2 Å². The molecule has 2 atom stereocenters. The van der Waals surface area contributed by atoms with Crippen molar-refractivity contribution in [2.24, 2.45) is 5.41 Å². The summed E-state index contributed by atoms with van der Waals surface area (Å²) >= 11 is 0. The lowest BCUT2D eigenvalue weighted by atomic mass is 9.65. The molecular formula is C20H23N3O6. The van der Waals surface area contributed by atoms with E-state index in [2.05, 4.69) is 10.6 Å². The van der Waals surface area contributed by atoms with Gasteiger partial charge in [0.1, 0.15) is 5.54 Å². The summed E-state index contributed by atoms with van der Waals surface area (Å²) in [7, 11) is 0. The summed E-state index contributed by atoms with van der Waals surface area (Å²) in [5, 5.41) is 14.5. The Hall–Kier alpha value is -3.10. The van der Waals surface area contributed by atoms with E-state index < -0.39 is 34.6 Å². The van der Waals surface area contributed by atoms with Crippen LogP contribution in [0.1, 0.15) is 44.7 Å². The fraction of sp³-hybridized carbons (Fsp3) is 0.500. The van der Waals surface area contributed by atoms with Gasteiger partial charge in [-0.2, -0.15) is 0 Å². The van der Waals surface area contributed by atoms with Gasteiger partial charge in [0.25, 0.3) is 11.8 Å². The Kier molecular flexibility index (Phi) is 3.94. The number of likely N-dealkylation sites (tertiary alicyclic amines) is 1. The molecule has 1 aromatic carbocycles. The number of anilines is 1. The number of carboxylic acid groups (broad SMARTS) is 1. The van der Waals surface area contributed by atoms with Crippen molar-refractivity contribution in [1.29, 1.82) is 0 Å². The average molecular weight is 401 g/mol. The van der Waals surface area contributed by atoms with E-state index in [1.54, 1.807) is 18.2 Å². The fourth-order valence-electron chi connectivity index (χ4n) is 4.78. The second-order valence-electron chi connectivity index (χ2n) is 8.79. The maximum Gasteiger partial charge on any atom is 0.415 e. The molecule has 0 bridgehead atoms. The van der Waals surface area contributed by atoms with Crippen LogP contribution in [0, 0.1) is 5.41 Å². The zero-order valence-electron chi connectivity index (χ0n) is 16.5. The number of carbonyl (C=O) groups excluding carboxylic acids is 3. The molecule has 0 saturated carbocycles. The molecule has 1 aliphatic carbocycles. The monoisotopic (exact) mass is 401 g/mol. The number of hydrogen-bond donors (Lipinski definition) is 3. The third-order valence-corrected chi connectivity index (χ3v) is 6.40. The number of ether oxygens (including phenoxy) is 1. The molecule has 154 valence electrons. The number of rotatable bonds is 2. The van der Waals surface area contributed by atoms with Crippen LogP contribution in [0.2, 0.25) is 0 Å².